The summed E-state index contributed by atoms with van der Waals surface area (Å²) in [5.41, 5.74) is -0.230. The van der Waals surface area contributed by atoms with Gasteiger partial charge in [-0.2, -0.15) is 0 Å². The van der Waals surface area contributed by atoms with Gasteiger partial charge in [0.1, 0.15) is 5.75 Å². The van der Waals surface area contributed by atoms with Crippen molar-refractivity contribution in [3.8, 4) is 5.75 Å². The van der Waals surface area contributed by atoms with Gasteiger partial charge in [0.15, 0.2) is 5.41 Å². The first-order chi connectivity index (χ1) is 11.0. The van der Waals surface area contributed by atoms with Crippen molar-refractivity contribution in [3.05, 3.63) is 29.8 Å². The predicted octanol–water partition coefficient (Wildman–Crippen LogP) is 4.44. The lowest BCUT2D eigenvalue weighted by atomic mass is 9.82. The molecule has 0 aromatic heterocycles. The van der Waals surface area contributed by atoms with Crippen LogP contribution in [0.15, 0.2) is 24.3 Å². The molecule has 0 saturated carbocycles. The molecule has 0 saturated heterocycles. The van der Waals surface area contributed by atoms with E-state index in [1.807, 2.05) is 32.9 Å². The number of benzene rings is 1. The van der Waals surface area contributed by atoms with Crippen LogP contribution in [-0.2, 0) is 14.3 Å². The van der Waals surface area contributed by atoms with Gasteiger partial charge in [0, 0.05) is 0 Å². The Morgan fingerprint density at radius 3 is 2.30 bits per heavy atom. The molecule has 0 N–H and O–H groups in total. The van der Waals surface area contributed by atoms with E-state index in [2.05, 4.69) is 6.92 Å². The summed E-state index contributed by atoms with van der Waals surface area (Å²) in [6.45, 7) is 7.99. The van der Waals surface area contributed by atoms with E-state index in [4.69, 9.17) is 9.47 Å². The number of ether oxygens (including phenoxy) is 2. The molecule has 0 bridgehead atoms. The summed E-state index contributed by atoms with van der Waals surface area (Å²) >= 11 is 0. The molecule has 0 amide bonds. The molecule has 4 nitrogen and oxygen atoms in total. The fourth-order valence-electron chi connectivity index (χ4n) is 2.45. The standard InChI is InChI=1S/C19H28O4/c1-5-8-9-13-22-17(20)19(6-2,7-3)18(21)23-16-12-10-11-15(4)14-16/h10-12,14H,5-9,13H2,1-4H3. The summed E-state index contributed by atoms with van der Waals surface area (Å²) in [4.78, 5) is 25.1. The molecule has 0 aliphatic rings. The second kappa shape index (κ2) is 9.33. The van der Waals surface area contributed by atoms with Gasteiger partial charge in [-0.3, -0.25) is 9.59 Å². The second-order valence-corrected chi connectivity index (χ2v) is 5.84. The smallest absolute Gasteiger partial charge is 0.328 e. The Labute approximate surface area is 139 Å². The number of carbonyl (C=O) groups is 2. The lowest BCUT2D eigenvalue weighted by Gasteiger charge is -2.26. The van der Waals surface area contributed by atoms with Crippen molar-refractivity contribution in [1.82, 2.24) is 0 Å². The van der Waals surface area contributed by atoms with Crippen molar-refractivity contribution in [2.75, 3.05) is 6.61 Å². The zero-order valence-electron chi connectivity index (χ0n) is 14.7. The zero-order chi connectivity index (χ0) is 17.3. The van der Waals surface area contributed by atoms with Gasteiger partial charge in [0.2, 0.25) is 0 Å². The van der Waals surface area contributed by atoms with E-state index in [1.54, 1.807) is 12.1 Å². The minimum Gasteiger partial charge on any atom is -0.465 e. The van der Waals surface area contributed by atoms with Crippen LogP contribution in [0, 0.1) is 12.3 Å². The van der Waals surface area contributed by atoms with Crippen molar-refractivity contribution in [2.45, 2.75) is 59.8 Å². The Kier molecular flexibility index (Phi) is 7.79. The third kappa shape index (κ3) is 5.08. The molecular weight excluding hydrogens is 292 g/mol. The Hall–Kier alpha value is -1.84. The third-order valence-corrected chi connectivity index (χ3v) is 4.17. The van der Waals surface area contributed by atoms with Crippen molar-refractivity contribution in [2.24, 2.45) is 5.41 Å². The van der Waals surface area contributed by atoms with E-state index in [-0.39, 0.29) is 0 Å². The summed E-state index contributed by atoms with van der Waals surface area (Å²) < 4.78 is 10.8. The van der Waals surface area contributed by atoms with Crippen LogP contribution in [0.25, 0.3) is 0 Å². The first-order valence-corrected chi connectivity index (χ1v) is 8.46. The average Bonchev–Trinajstić information content (AvgIpc) is 2.53. The minimum atomic E-state index is -1.23. The van der Waals surface area contributed by atoms with Crippen molar-refractivity contribution >= 4 is 11.9 Å². The van der Waals surface area contributed by atoms with Gasteiger partial charge in [0.25, 0.3) is 0 Å². The average molecular weight is 320 g/mol. The van der Waals surface area contributed by atoms with Crippen molar-refractivity contribution < 1.29 is 19.1 Å². The highest BCUT2D eigenvalue weighted by Crippen LogP contribution is 2.31. The second-order valence-electron chi connectivity index (χ2n) is 5.84. The molecule has 1 aromatic rings. The third-order valence-electron chi connectivity index (χ3n) is 4.17. The number of carbonyl (C=O) groups excluding carboxylic acids is 2. The summed E-state index contributed by atoms with van der Waals surface area (Å²) in [7, 11) is 0. The van der Waals surface area contributed by atoms with Crippen LogP contribution in [0.3, 0.4) is 0 Å². The van der Waals surface area contributed by atoms with Gasteiger partial charge in [0.05, 0.1) is 6.61 Å². The molecule has 23 heavy (non-hydrogen) atoms. The molecule has 0 aliphatic heterocycles. The van der Waals surface area contributed by atoms with Gasteiger partial charge in [-0.05, 0) is 43.9 Å². The van der Waals surface area contributed by atoms with E-state index in [9.17, 15) is 9.59 Å². The Morgan fingerprint density at radius 1 is 1.04 bits per heavy atom. The Bertz CT molecular complexity index is 518. The first kappa shape index (κ1) is 19.2. The largest absolute Gasteiger partial charge is 0.465 e. The van der Waals surface area contributed by atoms with Gasteiger partial charge >= 0.3 is 11.9 Å². The maximum Gasteiger partial charge on any atom is 0.328 e. The van der Waals surface area contributed by atoms with Crippen LogP contribution in [0.1, 0.15) is 58.4 Å². The van der Waals surface area contributed by atoms with E-state index in [1.165, 1.54) is 0 Å². The summed E-state index contributed by atoms with van der Waals surface area (Å²) in [6, 6.07) is 7.24. The molecule has 4 heteroatoms. The van der Waals surface area contributed by atoms with Crippen LogP contribution in [-0.4, -0.2) is 18.5 Å². The van der Waals surface area contributed by atoms with Crippen LogP contribution in [0.5, 0.6) is 5.75 Å². The normalized spacial score (nSPS) is 11.1. The van der Waals surface area contributed by atoms with Gasteiger partial charge in [-0.15, -0.1) is 0 Å². The molecule has 1 aromatic carbocycles. The van der Waals surface area contributed by atoms with Crippen LogP contribution < -0.4 is 4.74 Å². The summed E-state index contributed by atoms with van der Waals surface area (Å²) in [5.74, 6) is -0.551. The molecule has 0 fully saturated rings. The monoisotopic (exact) mass is 320 g/mol. The predicted molar refractivity (Wildman–Crippen MR) is 90.3 cm³/mol. The van der Waals surface area contributed by atoms with E-state index < -0.39 is 17.4 Å². The van der Waals surface area contributed by atoms with E-state index in [0.717, 1.165) is 24.8 Å². The molecule has 0 unspecified atom stereocenters. The number of esters is 2. The Balaban J connectivity index is 2.81. The fourth-order valence-corrected chi connectivity index (χ4v) is 2.45. The highest BCUT2D eigenvalue weighted by Gasteiger charge is 2.46. The molecular formula is C19H28O4. The zero-order valence-corrected chi connectivity index (χ0v) is 14.7. The Morgan fingerprint density at radius 2 is 1.74 bits per heavy atom. The first-order valence-electron chi connectivity index (χ1n) is 8.46. The van der Waals surface area contributed by atoms with Crippen molar-refractivity contribution in [1.29, 1.82) is 0 Å². The topological polar surface area (TPSA) is 52.6 Å². The van der Waals surface area contributed by atoms with Crippen LogP contribution >= 0.6 is 0 Å². The molecule has 0 atom stereocenters. The molecule has 0 aliphatic carbocycles. The highest BCUT2D eigenvalue weighted by molar-refractivity contribution is 6.00. The lowest BCUT2D eigenvalue weighted by molar-refractivity contribution is -0.168. The fraction of sp³-hybridized carbons (Fsp3) is 0.579. The van der Waals surface area contributed by atoms with E-state index in [0.29, 0.717) is 25.2 Å². The number of hydrogen-bond acceptors (Lipinski definition) is 4. The van der Waals surface area contributed by atoms with Gasteiger partial charge in [-0.25, -0.2) is 0 Å². The molecule has 128 valence electrons. The summed E-state index contributed by atoms with van der Waals surface area (Å²) in [6.07, 6.45) is 3.60. The maximum absolute atomic E-state index is 12.6. The highest BCUT2D eigenvalue weighted by atomic mass is 16.6. The van der Waals surface area contributed by atoms with Crippen LogP contribution in [0.2, 0.25) is 0 Å². The number of rotatable bonds is 9. The molecule has 0 radical (unpaired) electrons. The lowest BCUT2D eigenvalue weighted by Crippen LogP contribution is -2.42. The molecule has 0 spiro atoms. The summed E-state index contributed by atoms with van der Waals surface area (Å²) in [5, 5.41) is 0. The number of unbranched alkanes of at least 4 members (excludes halogenated alkanes) is 2. The number of hydrogen-bond donors (Lipinski definition) is 0. The van der Waals surface area contributed by atoms with Gasteiger partial charge < -0.3 is 9.47 Å². The van der Waals surface area contributed by atoms with E-state index >= 15 is 0 Å². The molecule has 0 heterocycles. The SMILES string of the molecule is CCCCCOC(=O)C(CC)(CC)C(=O)Oc1cccc(C)c1. The van der Waals surface area contributed by atoms with Crippen molar-refractivity contribution in [3.63, 3.8) is 0 Å². The van der Waals surface area contributed by atoms with Gasteiger partial charge in [-0.1, -0.05) is 45.7 Å². The molecule has 1 rings (SSSR count). The van der Waals surface area contributed by atoms with Crippen LogP contribution in [0.4, 0.5) is 0 Å². The maximum atomic E-state index is 12.6. The number of aryl methyl sites for hydroxylation is 1. The quantitative estimate of drug-likeness (QED) is 0.292. The minimum absolute atomic E-state index is 0.353.